The third-order valence-corrected chi connectivity index (χ3v) is 5.80. The summed E-state index contributed by atoms with van der Waals surface area (Å²) in [6, 6.07) is 37.8. The molecule has 0 aromatic heterocycles. The Kier molecular flexibility index (Phi) is 23.0. The molecule has 0 radical (unpaired) electrons. The summed E-state index contributed by atoms with van der Waals surface area (Å²) >= 11 is 0. The molecule has 6 rings (SSSR count). The van der Waals surface area contributed by atoms with Crippen LogP contribution in [-0.4, -0.2) is 81.2 Å². The number of nitrogens with zero attached hydrogens (tertiary/aromatic N) is 2. The smallest absolute Gasteiger partial charge is 0.262 e. The minimum absolute atomic E-state index is 0. The van der Waals surface area contributed by atoms with Crippen molar-refractivity contribution >= 4 is 33.5 Å². The van der Waals surface area contributed by atoms with E-state index in [0.717, 1.165) is 17.4 Å². The van der Waals surface area contributed by atoms with E-state index >= 15 is 0 Å². The summed E-state index contributed by atoms with van der Waals surface area (Å²) in [6.07, 6.45) is 2.32. The van der Waals surface area contributed by atoms with Crippen LogP contribution in [0.5, 0.6) is 0 Å². The molecular weight excluding hydrogens is 689 g/mol. The van der Waals surface area contributed by atoms with Crippen LogP contribution in [0.3, 0.4) is 0 Å². The highest BCUT2D eigenvalue weighted by atomic mass is 32.2. The van der Waals surface area contributed by atoms with Crippen molar-refractivity contribution in [2.75, 3.05) is 33.8 Å². The number of amides is 4. The minimum atomic E-state index is -2.67. The van der Waals surface area contributed by atoms with Crippen molar-refractivity contribution < 1.29 is 32.3 Å². The maximum atomic E-state index is 12.0. The van der Waals surface area contributed by atoms with E-state index in [1.54, 1.807) is 62.8 Å². The second-order valence-electron chi connectivity index (χ2n) is 14.2. The molecule has 0 bridgehead atoms. The highest BCUT2D eigenvalue weighted by Gasteiger charge is 2.41. The molecule has 0 saturated carbocycles. The molecule has 0 spiro atoms. The van der Waals surface area contributed by atoms with Crippen LogP contribution in [0.15, 0.2) is 121 Å². The minimum Gasteiger partial charge on any atom is -0.388 e. The zero-order valence-corrected chi connectivity index (χ0v) is 33.5. The Morgan fingerprint density at radius 3 is 0.811 bits per heavy atom. The van der Waals surface area contributed by atoms with Gasteiger partial charge < -0.3 is 4.74 Å². The fraction of sp³-hybridized carbons (Fsp3) is 0.349. The van der Waals surface area contributed by atoms with Crippen molar-refractivity contribution in [2.24, 2.45) is 5.41 Å². The number of fused-ring (bicyclic) bond motifs is 2. The lowest BCUT2D eigenvalue weighted by molar-refractivity contribution is 0.0506. The molecule has 9 nitrogen and oxygen atoms in total. The zero-order valence-electron chi connectivity index (χ0n) is 32.7. The van der Waals surface area contributed by atoms with Gasteiger partial charge in [-0.05, 0) is 50.5 Å². The van der Waals surface area contributed by atoms with Crippen LogP contribution in [-0.2, 0) is 14.6 Å². The molecule has 290 valence electrons. The second-order valence-corrected chi connectivity index (χ2v) is 16.5. The number of hydrogen-bond acceptors (Lipinski definition) is 7. The van der Waals surface area contributed by atoms with Gasteiger partial charge in [-0.3, -0.25) is 29.0 Å². The zero-order chi connectivity index (χ0) is 40.1. The highest BCUT2D eigenvalue weighted by molar-refractivity contribution is 7.89. The molecule has 0 unspecified atom stereocenters. The third-order valence-electron chi connectivity index (χ3n) is 5.80. The Balaban J connectivity index is 0. The van der Waals surface area contributed by atoms with Crippen LogP contribution in [0.2, 0.25) is 0 Å². The molecule has 53 heavy (non-hydrogen) atoms. The molecule has 2 aliphatic heterocycles. The van der Waals surface area contributed by atoms with Gasteiger partial charge in [0, 0.05) is 39.3 Å². The number of hydrogen-bond donors (Lipinski definition) is 0. The van der Waals surface area contributed by atoms with Gasteiger partial charge in [0.15, 0.2) is 0 Å². The first kappa shape index (κ1) is 50.2. The van der Waals surface area contributed by atoms with Crippen molar-refractivity contribution in [1.82, 2.24) is 9.80 Å². The number of ether oxygens (including phenoxy) is 1. The standard InChI is InChI=1S/C12H13NO2.C9H7NO2.2C6H6.C5H12.C2H6O2S.C2H6O.CH4/c1-12(2,3)13-10(14)8-6-4-5-7-9(8)11(13)15;1-10-8(11)6-4-2-3-5-7(6)9(10)12;2*1-2-4-6-5-3-1;2*1-5(2,3)4;1-3-2;/h4-7H,1-3H3;2-5H,1H3;2*1-6H;1-4H3;1-2H3;1-2H3;1H4. The van der Waals surface area contributed by atoms with Crippen molar-refractivity contribution in [1.29, 1.82) is 0 Å². The SMILES string of the molecule is C.CC(C)(C)C.CC(C)(C)N1C(=O)c2ccccc2C1=O.CN1C(=O)c2ccccc2C1=O.COC.CS(C)(=O)=O.c1ccccc1.c1ccccc1. The summed E-state index contributed by atoms with van der Waals surface area (Å²) in [4.78, 5) is 49.0. The van der Waals surface area contributed by atoms with Crippen LogP contribution >= 0.6 is 0 Å². The van der Waals surface area contributed by atoms with Crippen LogP contribution < -0.4 is 0 Å². The fourth-order valence-electron chi connectivity index (χ4n) is 3.88. The van der Waals surface area contributed by atoms with E-state index < -0.39 is 15.4 Å². The Labute approximate surface area is 318 Å². The molecule has 0 N–H and O–H groups in total. The Bertz CT molecular complexity index is 1610. The normalized spacial score (nSPS) is 12.3. The number of sulfone groups is 1. The average molecular weight is 749 g/mol. The number of benzene rings is 4. The van der Waals surface area contributed by atoms with E-state index in [1.807, 2.05) is 93.6 Å². The van der Waals surface area contributed by atoms with E-state index in [9.17, 15) is 27.6 Å². The maximum Gasteiger partial charge on any atom is 0.262 e. The predicted molar refractivity (Wildman–Crippen MR) is 218 cm³/mol. The molecule has 0 atom stereocenters. The van der Waals surface area contributed by atoms with Crippen LogP contribution in [0.25, 0.3) is 0 Å². The monoisotopic (exact) mass is 748 g/mol. The topological polar surface area (TPSA) is 118 Å². The van der Waals surface area contributed by atoms with Crippen LogP contribution in [0, 0.1) is 5.41 Å². The van der Waals surface area contributed by atoms with Gasteiger partial charge in [0.05, 0.1) is 22.3 Å². The summed E-state index contributed by atoms with van der Waals surface area (Å²) < 4.78 is 23.5. The number of rotatable bonds is 0. The lowest BCUT2D eigenvalue weighted by Crippen LogP contribution is -2.45. The van der Waals surface area contributed by atoms with Gasteiger partial charge in [0.25, 0.3) is 23.6 Å². The number of carbonyl (C=O) groups excluding carboxylic acids is 4. The lowest BCUT2D eigenvalue weighted by Gasteiger charge is -2.29. The molecule has 0 aliphatic carbocycles. The van der Waals surface area contributed by atoms with Gasteiger partial charge in [-0.15, -0.1) is 0 Å². The van der Waals surface area contributed by atoms with Crippen molar-refractivity contribution in [3.63, 3.8) is 0 Å². The summed E-state index contributed by atoms with van der Waals surface area (Å²) in [5, 5.41) is 0. The quantitative estimate of drug-likeness (QED) is 0.165. The molecular formula is C43H60N2O7S. The number of carbonyl (C=O) groups is 4. The van der Waals surface area contributed by atoms with Gasteiger partial charge in [-0.1, -0.05) is 132 Å². The molecule has 4 aromatic carbocycles. The number of methoxy groups -OCH3 is 1. The largest absolute Gasteiger partial charge is 0.388 e. The lowest BCUT2D eigenvalue weighted by atomic mass is 10.0. The molecule has 4 amide bonds. The summed E-state index contributed by atoms with van der Waals surface area (Å²) in [7, 11) is 2.07. The maximum absolute atomic E-state index is 12.0. The van der Waals surface area contributed by atoms with Crippen LogP contribution in [0.1, 0.15) is 97.3 Å². The summed E-state index contributed by atoms with van der Waals surface area (Å²) in [6.45, 7) is 14.3. The average Bonchev–Trinajstić information content (AvgIpc) is 3.46. The van der Waals surface area contributed by atoms with Crippen molar-refractivity contribution in [3.8, 4) is 0 Å². The third kappa shape index (κ3) is 21.3. The van der Waals surface area contributed by atoms with E-state index in [0.29, 0.717) is 27.7 Å². The molecule has 10 heteroatoms. The van der Waals surface area contributed by atoms with Gasteiger partial charge in [-0.25, -0.2) is 8.42 Å². The van der Waals surface area contributed by atoms with E-state index in [1.165, 1.54) is 11.9 Å². The molecule has 2 aliphatic rings. The van der Waals surface area contributed by atoms with Gasteiger partial charge >= 0.3 is 0 Å². The molecule has 0 saturated heterocycles. The summed E-state index contributed by atoms with van der Waals surface area (Å²) in [5.74, 6) is -0.808. The Morgan fingerprint density at radius 2 is 0.642 bits per heavy atom. The van der Waals surface area contributed by atoms with Gasteiger partial charge in [0.2, 0.25) is 0 Å². The fourth-order valence-corrected chi connectivity index (χ4v) is 3.88. The van der Waals surface area contributed by atoms with E-state index in [-0.39, 0.29) is 31.1 Å². The Morgan fingerprint density at radius 1 is 0.472 bits per heavy atom. The van der Waals surface area contributed by atoms with Gasteiger partial charge in [0.1, 0.15) is 9.84 Å². The highest BCUT2D eigenvalue weighted by Crippen LogP contribution is 2.28. The first-order valence-corrected chi connectivity index (χ1v) is 18.8. The van der Waals surface area contributed by atoms with Crippen molar-refractivity contribution in [2.45, 2.75) is 61.4 Å². The first-order chi connectivity index (χ1) is 24.1. The molecule has 0 fully saturated rings. The Hall–Kier alpha value is -4.93. The number of imide groups is 2. The van der Waals surface area contributed by atoms with Gasteiger partial charge in [-0.2, -0.15) is 0 Å². The van der Waals surface area contributed by atoms with E-state index in [2.05, 4.69) is 32.4 Å². The first-order valence-electron chi connectivity index (χ1n) is 16.5. The van der Waals surface area contributed by atoms with E-state index in [4.69, 9.17) is 0 Å². The van der Waals surface area contributed by atoms with Crippen LogP contribution in [0.4, 0.5) is 0 Å². The molecule has 4 aromatic rings. The second kappa shape index (κ2) is 24.3. The summed E-state index contributed by atoms with van der Waals surface area (Å²) in [5.41, 5.74) is 2.07. The predicted octanol–water partition coefficient (Wildman–Crippen LogP) is 8.98. The molecule has 2 heterocycles. The van der Waals surface area contributed by atoms with Crippen molar-refractivity contribution in [3.05, 3.63) is 144 Å².